The smallest absolute Gasteiger partial charge is 0.458 e. The topological polar surface area (TPSA) is 100 Å². The highest BCUT2D eigenvalue weighted by atomic mass is 127. The van der Waals surface area contributed by atoms with Crippen LogP contribution in [0.5, 0.6) is 5.75 Å². The Morgan fingerprint density at radius 1 is 0.875 bits per heavy atom. The van der Waals surface area contributed by atoms with Crippen molar-refractivity contribution in [3.8, 4) is 5.75 Å². The van der Waals surface area contributed by atoms with E-state index in [9.17, 15) is 14.4 Å². The van der Waals surface area contributed by atoms with Gasteiger partial charge in [-0.15, -0.1) is 0 Å². The molecule has 0 radical (unpaired) electrons. The lowest BCUT2D eigenvalue weighted by Crippen LogP contribution is -2.47. The lowest BCUT2D eigenvalue weighted by molar-refractivity contribution is -0.157. The molecule has 0 fully saturated rings. The van der Waals surface area contributed by atoms with Crippen molar-refractivity contribution >= 4 is 40.8 Å². The number of hydrogen-bond acceptors (Lipinski definition) is 7. The van der Waals surface area contributed by atoms with Crippen LogP contribution >= 0.6 is 22.6 Å². The zero-order chi connectivity index (χ0) is 24.9. The van der Waals surface area contributed by atoms with E-state index in [1.807, 2.05) is 0 Å². The third-order valence-corrected chi connectivity index (χ3v) is 4.47. The van der Waals surface area contributed by atoms with Crippen molar-refractivity contribution in [1.29, 1.82) is 0 Å². The van der Waals surface area contributed by atoms with Gasteiger partial charge in [-0.25, -0.2) is 14.4 Å². The quantitative estimate of drug-likeness (QED) is 0.222. The first-order valence-electron chi connectivity index (χ1n) is 10.3. The largest absolute Gasteiger partial charge is 0.514 e. The molecule has 9 heteroatoms. The predicted molar refractivity (Wildman–Crippen MR) is 129 cm³/mol. The minimum atomic E-state index is -1.01. The Morgan fingerprint density at radius 3 is 1.91 bits per heavy atom. The number of alkyl carbamates (subject to hydrolysis) is 1. The Balaban J connectivity index is 3.10. The molecule has 0 heterocycles. The molecule has 1 rings (SSSR count). The van der Waals surface area contributed by atoms with Crippen LogP contribution in [0.1, 0.15) is 67.9 Å². The minimum absolute atomic E-state index is 0.109. The third kappa shape index (κ3) is 11.5. The molecule has 1 amide bonds. The zero-order valence-electron chi connectivity index (χ0n) is 20.3. The second-order valence-electron chi connectivity index (χ2n) is 10.3. The number of ether oxygens (including phenoxy) is 4. The number of halogens is 1. The molecule has 0 saturated carbocycles. The third-order valence-electron chi connectivity index (χ3n) is 3.41. The Kier molecular flexibility index (Phi) is 9.38. The van der Waals surface area contributed by atoms with E-state index < -0.39 is 41.1 Å². The molecule has 0 bridgehead atoms. The molecule has 1 aromatic carbocycles. The number of rotatable bonds is 5. The summed E-state index contributed by atoms with van der Waals surface area (Å²) in [5.74, 6) is -0.340. The summed E-state index contributed by atoms with van der Waals surface area (Å²) < 4.78 is 22.0. The van der Waals surface area contributed by atoms with Crippen LogP contribution in [0.15, 0.2) is 18.2 Å². The average Bonchev–Trinajstić information content (AvgIpc) is 2.52. The number of hydrogen-bond donors (Lipinski definition) is 1. The van der Waals surface area contributed by atoms with Gasteiger partial charge in [0.05, 0.1) is 0 Å². The molecule has 0 aliphatic heterocycles. The van der Waals surface area contributed by atoms with E-state index >= 15 is 0 Å². The van der Waals surface area contributed by atoms with Crippen LogP contribution in [-0.4, -0.2) is 41.1 Å². The summed E-state index contributed by atoms with van der Waals surface area (Å²) in [4.78, 5) is 37.1. The Bertz CT molecular complexity index is 832. The molecule has 0 unspecified atom stereocenters. The minimum Gasteiger partial charge on any atom is -0.458 e. The summed E-state index contributed by atoms with van der Waals surface area (Å²) in [5.41, 5.74) is -1.47. The van der Waals surface area contributed by atoms with E-state index in [0.717, 1.165) is 3.57 Å². The Hall–Kier alpha value is -2.04. The van der Waals surface area contributed by atoms with E-state index in [2.05, 4.69) is 27.9 Å². The first-order valence-corrected chi connectivity index (χ1v) is 11.3. The lowest BCUT2D eigenvalue weighted by atomic mass is 10.1. The van der Waals surface area contributed by atoms with E-state index in [1.54, 1.807) is 80.5 Å². The van der Waals surface area contributed by atoms with Crippen molar-refractivity contribution in [3.05, 3.63) is 27.3 Å². The van der Waals surface area contributed by atoms with Crippen LogP contribution in [0, 0.1) is 3.57 Å². The summed E-state index contributed by atoms with van der Waals surface area (Å²) in [6.07, 6.45) is -1.46. The Labute approximate surface area is 203 Å². The molecule has 32 heavy (non-hydrogen) atoms. The first-order chi connectivity index (χ1) is 14.3. The van der Waals surface area contributed by atoms with E-state index in [4.69, 9.17) is 18.9 Å². The molecular formula is C23H34INO7. The highest BCUT2D eigenvalue weighted by molar-refractivity contribution is 14.1. The maximum Gasteiger partial charge on any atom is 0.514 e. The fourth-order valence-corrected chi connectivity index (χ4v) is 2.93. The van der Waals surface area contributed by atoms with Crippen LogP contribution in [0.2, 0.25) is 0 Å². The first kappa shape index (κ1) is 28.0. The van der Waals surface area contributed by atoms with Gasteiger partial charge in [0.15, 0.2) is 0 Å². The predicted octanol–water partition coefficient (Wildman–Crippen LogP) is 5.38. The maximum atomic E-state index is 12.8. The molecule has 0 saturated heterocycles. The van der Waals surface area contributed by atoms with Crippen molar-refractivity contribution < 1.29 is 33.3 Å². The number of amides is 1. The van der Waals surface area contributed by atoms with E-state index in [1.165, 1.54) is 0 Å². The second kappa shape index (κ2) is 10.7. The number of benzene rings is 1. The maximum absolute atomic E-state index is 12.8. The second-order valence-corrected chi connectivity index (χ2v) is 11.4. The average molecular weight is 563 g/mol. The van der Waals surface area contributed by atoms with Crippen molar-refractivity contribution in [2.75, 3.05) is 0 Å². The number of esters is 1. The van der Waals surface area contributed by atoms with Gasteiger partial charge in [-0.05, 0) is 109 Å². The summed E-state index contributed by atoms with van der Waals surface area (Å²) in [6.45, 7) is 15.6. The van der Waals surface area contributed by atoms with E-state index in [0.29, 0.717) is 5.56 Å². The molecule has 0 aliphatic carbocycles. The molecule has 0 aliphatic rings. The molecule has 1 atom stereocenters. The number of nitrogens with one attached hydrogen (secondary N) is 1. The molecule has 1 aromatic rings. The normalized spacial score (nSPS) is 13.1. The van der Waals surface area contributed by atoms with Gasteiger partial charge < -0.3 is 24.3 Å². The molecule has 0 spiro atoms. The molecular weight excluding hydrogens is 529 g/mol. The summed E-state index contributed by atoms with van der Waals surface area (Å²) >= 11 is 2.11. The monoisotopic (exact) mass is 563 g/mol. The van der Waals surface area contributed by atoms with Crippen LogP contribution in [0.25, 0.3) is 0 Å². The standard InChI is InChI=1S/C23H34INO7/c1-21(2,3)30-18(26)17(25-19(27)31-22(4,5)6)13-14-12-15(10-11-16(14)24)29-20(28)32-23(7,8)9/h10-12,17H,13H2,1-9H3,(H,25,27)/t17-/m0/s1. The van der Waals surface area contributed by atoms with Crippen molar-refractivity contribution in [1.82, 2.24) is 5.32 Å². The van der Waals surface area contributed by atoms with Crippen LogP contribution in [0.4, 0.5) is 9.59 Å². The molecule has 0 aromatic heterocycles. The highest BCUT2D eigenvalue weighted by Gasteiger charge is 2.29. The van der Waals surface area contributed by atoms with Gasteiger partial charge in [0.25, 0.3) is 0 Å². The van der Waals surface area contributed by atoms with Gasteiger partial charge in [-0.2, -0.15) is 0 Å². The molecule has 180 valence electrons. The van der Waals surface area contributed by atoms with Crippen LogP contribution in [-0.2, 0) is 25.4 Å². The van der Waals surface area contributed by atoms with Crippen molar-refractivity contribution in [2.24, 2.45) is 0 Å². The van der Waals surface area contributed by atoms with Gasteiger partial charge in [-0.3, -0.25) is 0 Å². The van der Waals surface area contributed by atoms with Gasteiger partial charge in [0.2, 0.25) is 0 Å². The van der Waals surface area contributed by atoms with Crippen LogP contribution < -0.4 is 10.1 Å². The zero-order valence-corrected chi connectivity index (χ0v) is 22.4. The fourth-order valence-electron chi connectivity index (χ4n) is 2.37. The van der Waals surface area contributed by atoms with Crippen LogP contribution in [0.3, 0.4) is 0 Å². The summed E-state index contributed by atoms with van der Waals surface area (Å²) in [5, 5.41) is 2.59. The van der Waals surface area contributed by atoms with Crippen molar-refractivity contribution in [2.45, 2.75) is 91.6 Å². The SMILES string of the molecule is CC(C)(C)OC(=O)N[C@@H](Cc1cc(OC(=O)OC(C)(C)C)ccc1I)C(=O)OC(C)(C)C. The molecule has 8 nitrogen and oxygen atoms in total. The Morgan fingerprint density at radius 2 is 1.41 bits per heavy atom. The lowest BCUT2D eigenvalue weighted by Gasteiger charge is -2.26. The van der Waals surface area contributed by atoms with Gasteiger partial charge in [-0.1, -0.05) is 0 Å². The highest BCUT2D eigenvalue weighted by Crippen LogP contribution is 2.23. The summed E-state index contributed by atoms with van der Waals surface area (Å²) in [7, 11) is 0. The van der Waals surface area contributed by atoms with Gasteiger partial charge in [0.1, 0.15) is 28.6 Å². The van der Waals surface area contributed by atoms with Gasteiger partial charge in [0, 0.05) is 9.99 Å². The fraction of sp³-hybridized carbons (Fsp3) is 0.609. The number of carbonyl (C=O) groups is 3. The molecule has 1 N–H and O–H groups in total. The van der Waals surface area contributed by atoms with E-state index in [-0.39, 0.29) is 12.2 Å². The van der Waals surface area contributed by atoms with Gasteiger partial charge >= 0.3 is 18.2 Å². The summed E-state index contributed by atoms with van der Waals surface area (Å²) in [6, 6.07) is 3.99. The van der Waals surface area contributed by atoms with Crippen molar-refractivity contribution in [3.63, 3.8) is 0 Å². The number of carbonyl (C=O) groups excluding carboxylic acids is 3.